The predicted molar refractivity (Wildman–Crippen MR) is 126 cm³/mol. The SMILES string of the molecule is CCNC(=NCCNS(=O)(=O)c1cccnc1)NC1CN(C(=O)OC(C)(C)C)C1.I. The van der Waals surface area contributed by atoms with Crippen LogP contribution in [-0.2, 0) is 14.8 Å². The lowest BCUT2D eigenvalue weighted by atomic mass is 10.1. The molecule has 0 aliphatic carbocycles. The number of nitrogens with zero attached hydrogens (tertiary/aromatic N) is 3. The second-order valence-electron chi connectivity index (χ2n) is 7.57. The molecule has 3 N–H and O–H groups in total. The third kappa shape index (κ3) is 8.60. The summed E-state index contributed by atoms with van der Waals surface area (Å²) in [5.74, 6) is 0.571. The fourth-order valence-electron chi connectivity index (χ4n) is 2.50. The van der Waals surface area contributed by atoms with Gasteiger partial charge in [0.2, 0.25) is 10.0 Å². The average Bonchev–Trinajstić information content (AvgIpc) is 2.60. The maximum atomic E-state index is 12.2. The van der Waals surface area contributed by atoms with Gasteiger partial charge in [-0.3, -0.25) is 9.98 Å². The van der Waals surface area contributed by atoms with Crippen molar-refractivity contribution in [3.05, 3.63) is 24.5 Å². The molecule has 1 aliphatic rings. The first-order chi connectivity index (χ1) is 13.6. The van der Waals surface area contributed by atoms with Crippen molar-refractivity contribution in [3.63, 3.8) is 0 Å². The molecule has 0 spiro atoms. The van der Waals surface area contributed by atoms with Crippen molar-refractivity contribution >= 4 is 46.1 Å². The van der Waals surface area contributed by atoms with Crippen molar-refractivity contribution in [2.45, 2.75) is 44.2 Å². The Balaban J connectivity index is 0.00000450. The molecule has 0 saturated carbocycles. The van der Waals surface area contributed by atoms with Crippen LogP contribution in [0.3, 0.4) is 0 Å². The number of aromatic nitrogens is 1. The first-order valence-electron chi connectivity index (χ1n) is 9.53. The highest BCUT2D eigenvalue weighted by Crippen LogP contribution is 2.15. The predicted octanol–water partition coefficient (Wildman–Crippen LogP) is 1.15. The van der Waals surface area contributed by atoms with Gasteiger partial charge in [-0.1, -0.05) is 0 Å². The highest BCUT2D eigenvalue weighted by molar-refractivity contribution is 14.0. The van der Waals surface area contributed by atoms with E-state index in [-0.39, 0.29) is 54.1 Å². The van der Waals surface area contributed by atoms with Crippen LogP contribution in [0.1, 0.15) is 27.7 Å². The van der Waals surface area contributed by atoms with Gasteiger partial charge in [-0.25, -0.2) is 17.9 Å². The highest BCUT2D eigenvalue weighted by atomic mass is 127. The second-order valence-corrected chi connectivity index (χ2v) is 9.34. The summed E-state index contributed by atoms with van der Waals surface area (Å²) in [6.07, 6.45) is 2.48. The fourth-order valence-corrected chi connectivity index (χ4v) is 3.48. The van der Waals surface area contributed by atoms with Gasteiger partial charge >= 0.3 is 6.09 Å². The summed E-state index contributed by atoms with van der Waals surface area (Å²) < 4.78 is 32.1. The zero-order valence-electron chi connectivity index (χ0n) is 17.7. The van der Waals surface area contributed by atoms with Crippen molar-refractivity contribution in [2.24, 2.45) is 4.99 Å². The number of aliphatic imine (C=N–C) groups is 1. The fraction of sp³-hybridized carbons (Fsp3) is 0.611. The smallest absolute Gasteiger partial charge is 0.410 e. The van der Waals surface area contributed by atoms with E-state index in [1.165, 1.54) is 18.5 Å². The van der Waals surface area contributed by atoms with Crippen molar-refractivity contribution < 1.29 is 17.9 Å². The number of rotatable bonds is 7. The first-order valence-corrected chi connectivity index (χ1v) is 11.0. The molecule has 0 atom stereocenters. The molecule has 1 fully saturated rings. The third-order valence-corrected chi connectivity index (χ3v) is 5.28. The Kier molecular flexibility index (Phi) is 10.2. The van der Waals surface area contributed by atoms with Crippen LogP contribution in [0.15, 0.2) is 34.4 Å². The van der Waals surface area contributed by atoms with Crippen molar-refractivity contribution in [1.29, 1.82) is 0 Å². The zero-order valence-corrected chi connectivity index (χ0v) is 20.9. The molecular weight excluding hydrogens is 523 g/mol. The number of likely N-dealkylation sites (tertiary alicyclic amines) is 1. The molecule has 12 heteroatoms. The lowest BCUT2D eigenvalue weighted by Crippen LogP contribution is -2.63. The van der Waals surface area contributed by atoms with E-state index in [9.17, 15) is 13.2 Å². The molecular formula is C18H31IN6O4S. The van der Waals surface area contributed by atoms with Gasteiger partial charge in [0.25, 0.3) is 0 Å². The molecule has 1 amide bonds. The van der Waals surface area contributed by atoms with E-state index in [0.717, 1.165) is 0 Å². The summed E-state index contributed by atoms with van der Waals surface area (Å²) in [5.41, 5.74) is -0.519. The number of amides is 1. The third-order valence-electron chi connectivity index (χ3n) is 3.84. The summed E-state index contributed by atoms with van der Waals surface area (Å²) in [6.45, 7) is 9.56. The Morgan fingerprint density at radius 2 is 2.07 bits per heavy atom. The number of pyridine rings is 1. The molecule has 0 unspecified atom stereocenters. The van der Waals surface area contributed by atoms with Gasteiger partial charge in [0.1, 0.15) is 10.5 Å². The van der Waals surface area contributed by atoms with Crippen LogP contribution in [-0.4, -0.2) is 74.7 Å². The quantitative estimate of drug-likeness (QED) is 0.200. The van der Waals surface area contributed by atoms with Gasteiger partial charge in [0.15, 0.2) is 5.96 Å². The lowest BCUT2D eigenvalue weighted by molar-refractivity contribution is 0.00700. The van der Waals surface area contributed by atoms with E-state index in [2.05, 4.69) is 25.3 Å². The molecule has 170 valence electrons. The second kappa shape index (κ2) is 11.6. The molecule has 2 rings (SSSR count). The maximum Gasteiger partial charge on any atom is 0.410 e. The number of halogens is 1. The molecule has 0 radical (unpaired) electrons. The highest BCUT2D eigenvalue weighted by Gasteiger charge is 2.34. The van der Waals surface area contributed by atoms with Gasteiger partial charge in [0, 0.05) is 38.6 Å². The maximum absolute atomic E-state index is 12.2. The standard InChI is InChI=1S/C18H30N6O4S.HI/c1-5-20-16(23-14-12-24(13-14)17(25)28-18(2,3)4)21-9-10-22-29(26,27)15-7-6-8-19-11-15;/h6-8,11,14,22H,5,9-10,12-13H2,1-4H3,(H2,20,21,23);1H. The Morgan fingerprint density at radius 3 is 2.63 bits per heavy atom. The van der Waals surface area contributed by atoms with E-state index < -0.39 is 15.6 Å². The van der Waals surface area contributed by atoms with Gasteiger partial charge in [-0.05, 0) is 39.8 Å². The summed E-state index contributed by atoms with van der Waals surface area (Å²) in [6, 6.07) is 3.11. The number of hydrogen-bond acceptors (Lipinski definition) is 6. The van der Waals surface area contributed by atoms with Crippen molar-refractivity contribution in [1.82, 2.24) is 25.2 Å². The van der Waals surface area contributed by atoms with Crippen LogP contribution in [0.5, 0.6) is 0 Å². The Hall–Kier alpha value is -1.67. The normalized spacial score (nSPS) is 15.1. The van der Waals surface area contributed by atoms with E-state index in [4.69, 9.17) is 4.74 Å². The topological polar surface area (TPSA) is 125 Å². The van der Waals surface area contributed by atoms with Crippen molar-refractivity contribution in [2.75, 3.05) is 32.7 Å². The molecule has 1 aromatic heterocycles. The summed E-state index contributed by atoms with van der Waals surface area (Å²) >= 11 is 0. The Morgan fingerprint density at radius 1 is 1.37 bits per heavy atom. The van der Waals surface area contributed by atoms with Gasteiger partial charge in [-0.2, -0.15) is 0 Å². The molecule has 1 aromatic rings. The largest absolute Gasteiger partial charge is 0.444 e. The minimum Gasteiger partial charge on any atom is -0.444 e. The molecule has 0 aromatic carbocycles. The molecule has 30 heavy (non-hydrogen) atoms. The summed E-state index contributed by atoms with van der Waals surface area (Å²) in [5, 5.41) is 6.34. The number of ether oxygens (including phenoxy) is 1. The minimum absolute atomic E-state index is 0. The van der Waals surface area contributed by atoms with Crippen LogP contribution in [0.2, 0.25) is 0 Å². The van der Waals surface area contributed by atoms with E-state index >= 15 is 0 Å². The monoisotopic (exact) mass is 554 g/mol. The average molecular weight is 554 g/mol. The molecule has 10 nitrogen and oxygen atoms in total. The van der Waals surface area contributed by atoms with Crippen LogP contribution in [0, 0.1) is 0 Å². The molecule has 1 saturated heterocycles. The number of carbonyl (C=O) groups excluding carboxylic acids is 1. The minimum atomic E-state index is -3.60. The summed E-state index contributed by atoms with van der Waals surface area (Å²) in [7, 11) is -3.60. The van der Waals surface area contributed by atoms with Gasteiger partial charge in [0.05, 0.1) is 12.6 Å². The van der Waals surface area contributed by atoms with E-state index in [1.54, 1.807) is 11.0 Å². The summed E-state index contributed by atoms with van der Waals surface area (Å²) in [4.78, 5) is 21.9. The molecule has 1 aliphatic heterocycles. The van der Waals surface area contributed by atoms with Gasteiger partial charge < -0.3 is 20.3 Å². The number of sulfonamides is 1. The number of guanidine groups is 1. The molecule has 0 bridgehead atoms. The first kappa shape index (κ1) is 26.4. The van der Waals surface area contributed by atoms with Gasteiger partial charge in [-0.15, -0.1) is 24.0 Å². The van der Waals surface area contributed by atoms with Crippen LogP contribution < -0.4 is 15.4 Å². The van der Waals surface area contributed by atoms with E-state index in [1.807, 2.05) is 27.7 Å². The van der Waals surface area contributed by atoms with Crippen molar-refractivity contribution in [3.8, 4) is 0 Å². The number of hydrogen-bond donors (Lipinski definition) is 3. The van der Waals surface area contributed by atoms with E-state index in [0.29, 0.717) is 25.6 Å². The van der Waals surface area contributed by atoms with Crippen LogP contribution in [0.25, 0.3) is 0 Å². The lowest BCUT2D eigenvalue weighted by Gasteiger charge is -2.40. The Labute approximate surface area is 195 Å². The number of nitrogens with one attached hydrogen (secondary N) is 3. The zero-order chi connectivity index (χ0) is 21.5. The molecule has 2 heterocycles. The van der Waals surface area contributed by atoms with Crippen LogP contribution in [0.4, 0.5) is 4.79 Å². The Bertz CT molecular complexity index is 808. The van der Waals surface area contributed by atoms with Crippen LogP contribution >= 0.6 is 24.0 Å². The number of carbonyl (C=O) groups is 1.